The minimum absolute atomic E-state index is 0.0538. The number of ether oxygens (including phenoxy) is 2. The van der Waals surface area contributed by atoms with Crippen molar-refractivity contribution in [3.05, 3.63) is 35.4 Å². The molecule has 10 heteroatoms. The molecule has 9 nitrogen and oxygen atoms in total. The number of halogens is 1. The molecule has 2 unspecified atom stereocenters. The minimum Gasteiger partial charge on any atom is -0.506 e. The Labute approximate surface area is 197 Å². The molecule has 0 amide bonds. The summed E-state index contributed by atoms with van der Waals surface area (Å²) in [7, 11) is 0. The lowest BCUT2D eigenvalue weighted by atomic mass is 10.2. The van der Waals surface area contributed by atoms with Gasteiger partial charge in [0.2, 0.25) is 5.95 Å². The number of aromatic hydroxyl groups is 1. The summed E-state index contributed by atoms with van der Waals surface area (Å²) in [6.07, 6.45) is 0.183. The molecule has 0 spiro atoms. The van der Waals surface area contributed by atoms with E-state index in [1.165, 1.54) is 6.07 Å². The SMILES string of the molecule is CC1CN(c2nc(N3CCOCC3)c3ccc(Nc4ccc(Cl)cc4O)nc3n2)CC(C)O1. The van der Waals surface area contributed by atoms with Crippen LogP contribution in [0, 0.1) is 0 Å². The van der Waals surface area contributed by atoms with Gasteiger partial charge in [-0.05, 0) is 38.1 Å². The number of pyridine rings is 1. The third kappa shape index (κ3) is 4.75. The summed E-state index contributed by atoms with van der Waals surface area (Å²) in [5, 5.41) is 14.7. The standard InChI is InChI=1S/C23H27ClN6O3/c1-14-12-30(13-15(2)33-14)23-27-21-17(22(28-23)29-7-9-32-10-8-29)4-6-20(26-21)25-18-5-3-16(24)11-19(18)31/h3-6,11,14-15,31H,7-10,12-13H2,1-2H3,(H,25,26,27,28). The Kier molecular flexibility index (Phi) is 6.09. The Morgan fingerprint density at radius 3 is 2.48 bits per heavy atom. The van der Waals surface area contributed by atoms with E-state index in [2.05, 4.69) is 29.0 Å². The predicted molar refractivity (Wildman–Crippen MR) is 129 cm³/mol. The predicted octanol–water partition coefficient (Wildman–Crippen LogP) is 3.58. The first kappa shape index (κ1) is 21.9. The third-order valence-electron chi connectivity index (χ3n) is 5.76. The van der Waals surface area contributed by atoms with Gasteiger partial charge in [0.05, 0.1) is 36.5 Å². The average Bonchev–Trinajstić information content (AvgIpc) is 2.80. The number of morpholine rings is 2. The second kappa shape index (κ2) is 9.17. The van der Waals surface area contributed by atoms with Crippen molar-refractivity contribution in [1.29, 1.82) is 0 Å². The molecule has 2 aliphatic rings. The van der Waals surface area contributed by atoms with E-state index >= 15 is 0 Å². The maximum Gasteiger partial charge on any atom is 0.229 e. The van der Waals surface area contributed by atoms with E-state index in [0.717, 1.165) is 37.4 Å². The first-order valence-corrected chi connectivity index (χ1v) is 11.5. The highest BCUT2D eigenvalue weighted by molar-refractivity contribution is 6.30. The second-order valence-corrected chi connectivity index (χ2v) is 8.90. The lowest BCUT2D eigenvalue weighted by Crippen LogP contribution is -2.46. The summed E-state index contributed by atoms with van der Waals surface area (Å²) in [5.41, 5.74) is 1.11. The fourth-order valence-electron chi connectivity index (χ4n) is 4.30. The highest BCUT2D eigenvalue weighted by Crippen LogP contribution is 2.32. The van der Waals surface area contributed by atoms with Gasteiger partial charge in [0.1, 0.15) is 17.4 Å². The van der Waals surface area contributed by atoms with E-state index in [1.807, 2.05) is 12.1 Å². The molecular weight excluding hydrogens is 444 g/mol. The number of rotatable bonds is 4. The molecule has 0 saturated carbocycles. The van der Waals surface area contributed by atoms with Crippen LogP contribution in [-0.2, 0) is 9.47 Å². The van der Waals surface area contributed by atoms with Crippen LogP contribution in [0.25, 0.3) is 11.0 Å². The van der Waals surface area contributed by atoms with Crippen molar-refractivity contribution >= 4 is 45.9 Å². The maximum absolute atomic E-state index is 10.2. The van der Waals surface area contributed by atoms with E-state index < -0.39 is 0 Å². The quantitative estimate of drug-likeness (QED) is 0.554. The minimum atomic E-state index is 0.0538. The van der Waals surface area contributed by atoms with E-state index in [0.29, 0.717) is 41.3 Å². The van der Waals surface area contributed by atoms with E-state index in [-0.39, 0.29) is 18.0 Å². The molecule has 2 aliphatic heterocycles. The van der Waals surface area contributed by atoms with Gasteiger partial charge in [-0.25, -0.2) is 4.98 Å². The molecule has 2 atom stereocenters. The zero-order chi connectivity index (χ0) is 22.9. The van der Waals surface area contributed by atoms with Crippen molar-refractivity contribution in [3.63, 3.8) is 0 Å². The van der Waals surface area contributed by atoms with Gasteiger partial charge >= 0.3 is 0 Å². The Morgan fingerprint density at radius 1 is 1.00 bits per heavy atom. The monoisotopic (exact) mass is 470 g/mol. The van der Waals surface area contributed by atoms with Gasteiger partial charge in [0.25, 0.3) is 0 Å². The summed E-state index contributed by atoms with van der Waals surface area (Å²) in [4.78, 5) is 18.9. The van der Waals surface area contributed by atoms with Crippen LogP contribution in [0.15, 0.2) is 30.3 Å². The van der Waals surface area contributed by atoms with Gasteiger partial charge in [0, 0.05) is 37.3 Å². The summed E-state index contributed by atoms with van der Waals surface area (Å²) >= 11 is 5.95. The zero-order valence-corrected chi connectivity index (χ0v) is 19.4. The average molecular weight is 471 g/mol. The van der Waals surface area contributed by atoms with E-state index in [4.69, 9.17) is 36.0 Å². The van der Waals surface area contributed by atoms with Crippen molar-refractivity contribution in [2.24, 2.45) is 0 Å². The van der Waals surface area contributed by atoms with Crippen LogP contribution in [0.5, 0.6) is 5.75 Å². The number of phenolic OH excluding ortho intramolecular Hbond substituents is 1. The lowest BCUT2D eigenvalue weighted by Gasteiger charge is -2.36. The molecule has 0 bridgehead atoms. The first-order chi connectivity index (χ1) is 16.0. The summed E-state index contributed by atoms with van der Waals surface area (Å²) < 4.78 is 11.4. The number of anilines is 4. The van der Waals surface area contributed by atoms with Crippen molar-refractivity contribution in [1.82, 2.24) is 15.0 Å². The molecule has 33 heavy (non-hydrogen) atoms. The van der Waals surface area contributed by atoms with Crippen molar-refractivity contribution in [3.8, 4) is 5.75 Å². The molecule has 5 rings (SSSR count). The third-order valence-corrected chi connectivity index (χ3v) is 6.00. The number of hydrogen-bond donors (Lipinski definition) is 2. The number of nitrogens with zero attached hydrogens (tertiary/aromatic N) is 5. The van der Waals surface area contributed by atoms with Gasteiger partial charge in [-0.2, -0.15) is 9.97 Å². The van der Waals surface area contributed by atoms with Gasteiger partial charge in [0.15, 0.2) is 5.65 Å². The van der Waals surface area contributed by atoms with Crippen LogP contribution in [0.4, 0.5) is 23.3 Å². The summed E-state index contributed by atoms with van der Waals surface area (Å²) in [6.45, 7) is 8.41. The van der Waals surface area contributed by atoms with Crippen LogP contribution in [0.1, 0.15) is 13.8 Å². The van der Waals surface area contributed by atoms with Gasteiger partial charge in [-0.1, -0.05) is 11.6 Å². The highest BCUT2D eigenvalue weighted by Gasteiger charge is 2.26. The van der Waals surface area contributed by atoms with Crippen LogP contribution in [-0.4, -0.2) is 71.7 Å². The van der Waals surface area contributed by atoms with Crippen molar-refractivity contribution in [2.45, 2.75) is 26.1 Å². The Balaban J connectivity index is 1.55. The molecule has 1 aromatic carbocycles. The van der Waals surface area contributed by atoms with E-state index in [9.17, 15) is 5.11 Å². The maximum atomic E-state index is 10.2. The van der Waals surface area contributed by atoms with Crippen LogP contribution >= 0.6 is 11.6 Å². The summed E-state index contributed by atoms with van der Waals surface area (Å²) in [6, 6.07) is 8.74. The van der Waals surface area contributed by atoms with Gasteiger partial charge < -0.3 is 29.7 Å². The largest absolute Gasteiger partial charge is 0.506 e. The molecule has 2 saturated heterocycles. The number of hydrogen-bond acceptors (Lipinski definition) is 9. The summed E-state index contributed by atoms with van der Waals surface area (Å²) in [5.74, 6) is 2.13. The second-order valence-electron chi connectivity index (χ2n) is 8.46. The molecule has 0 aliphatic carbocycles. The van der Waals surface area contributed by atoms with Gasteiger partial charge in [-0.3, -0.25) is 0 Å². The molecular formula is C23H27ClN6O3. The fourth-order valence-corrected chi connectivity index (χ4v) is 4.47. The van der Waals surface area contributed by atoms with Crippen LogP contribution < -0.4 is 15.1 Å². The Hall–Kier alpha value is -2.88. The van der Waals surface area contributed by atoms with Gasteiger partial charge in [-0.15, -0.1) is 0 Å². The smallest absolute Gasteiger partial charge is 0.229 e. The van der Waals surface area contributed by atoms with Crippen LogP contribution in [0.2, 0.25) is 5.02 Å². The van der Waals surface area contributed by atoms with Crippen molar-refractivity contribution in [2.75, 3.05) is 54.5 Å². The number of aromatic nitrogens is 3. The highest BCUT2D eigenvalue weighted by atomic mass is 35.5. The molecule has 2 N–H and O–H groups in total. The zero-order valence-electron chi connectivity index (χ0n) is 18.7. The number of nitrogens with one attached hydrogen (secondary N) is 1. The Morgan fingerprint density at radius 2 is 1.76 bits per heavy atom. The molecule has 3 aromatic rings. The molecule has 4 heterocycles. The Bertz CT molecular complexity index is 1150. The fraction of sp³-hybridized carbons (Fsp3) is 0.435. The number of benzene rings is 1. The van der Waals surface area contributed by atoms with Crippen LogP contribution in [0.3, 0.4) is 0 Å². The molecule has 2 aromatic heterocycles. The first-order valence-electron chi connectivity index (χ1n) is 11.1. The topological polar surface area (TPSA) is 95.9 Å². The molecule has 0 radical (unpaired) electrons. The van der Waals surface area contributed by atoms with E-state index in [1.54, 1.807) is 12.1 Å². The van der Waals surface area contributed by atoms with Crippen molar-refractivity contribution < 1.29 is 14.6 Å². The molecule has 174 valence electrons. The number of fused-ring (bicyclic) bond motifs is 1. The normalized spacial score (nSPS) is 21.4. The molecule has 2 fully saturated rings. The lowest BCUT2D eigenvalue weighted by molar-refractivity contribution is -0.00570. The number of phenols is 1.